The van der Waals surface area contributed by atoms with Crippen molar-refractivity contribution in [1.29, 1.82) is 0 Å². The van der Waals surface area contributed by atoms with Crippen molar-refractivity contribution in [2.75, 3.05) is 11.6 Å². The summed E-state index contributed by atoms with van der Waals surface area (Å²) in [5.41, 5.74) is 5.54. The average Bonchev–Trinajstić information content (AvgIpc) is 3.40. The zero-order valence-corrected chi connectivity index (χ0v) is 18.1. The van der Waals surface area contributed by atoms with Gasteiger partial charge in [-0.3, -0.25) is 0 Å². The lowest BCUT2D eigenvalue weighted by Crippen LogP contribution is -1.88. The fourth-order valence-electron chi connectivity index (χ4n) is 3.10. The molecule has 3 aromatic carbocycles. The van der Waals surface area contributed by atoms with Gasteiger partial charge in [0.25, 0.3) is 0 Å². The fraction of sp³-hybridized carbons (Fsp3) is 0.0435. The van der Waals surface area contributed by atoms with Crippen molar-refractivity contribution in [3.8, 4) is 22.4 Å². The molecular formula is C23H17N3S3. The van der Waals surface area contributed by atoms with Crippen LogP contribution < -0.4 is 5.32 Å². The van der Waals surface area contributed by atoms with Gasteiger partial charge in [0.1, 0.15) is 0 Å². The molecule has 29 heavy (non-hydrogen) atoms. The van der Waals surface area contributed by atoms with E-state index in [9.17, 15) is 0 Å². The zero-order chi connectivity index (χ0) is 19.6. The molecule has 0 saturated carbocycles. The first-order valence-corrected chi connectivity index (χ1v) is 12.0. The lowest BCUT2D eigenvalue weighted by molar-refractivity contribution is 1.36. The normalized spacial score (nSPS) is 11.1. The zero-order valence-electron chi connectivity index (χ0n) is 15.6. The second-order valence-electron chi connectivity index (χ2n) is 6.46. The summed E-state index contributed by atoms with van der Waals surface area (Å²) in [7, 11) is 0. The molecule has 0 aliphatic heterocycles. The van der Waals surface area contributed by atoms with Crippen LogP contribution in [-0.2, 0) is 0 Å². The van der Waals surface area contributed by atoms with Crippen molar-refractivity contribution in [3.63, 3.8) is 0 Å². The second kappa shape index (κ2) is 7.99. The largest absolute Gasteiger partial charge is 0.307 e. The number of nitrogens with one attached hydrogen (secondary N) is 1. The maximum atomic E-state index is 4.75. The number of thiazole rings is 2. The molecule has 2 aromatic heterocycles. The van der Waals surface area contributed by atoms with Crippen molar-refractivity contribution >= 4 is 54.9 Å². The number of hydrogen-bond acceptors (Lipinski definition) is 6. The first-order valence-electron chi connectivity index (χ1n) is 9.11. The summed E-state index contributed by atoms with van der Waals surface area (Å²) in [4.78, 5) is 10.7. The summed E-state index contributed by atoms with van der Waals surface area (Å²) in [5, 5.41) is 7.18. The number of thioether (sulfide) groups is 1. The van der Waals surface area contributed by atoms with Crippen LogP contribution in [0.5, 0.6) is 0 Å². The van der Waals surface area contributed by atoms with Crippen molar-refractivity contribution in [2.24, 2.45) is 0 Å². The van der Waals surface area contributed by atoms with Gasteiger partial charge in [0, 0.05) is 15.8 Å². The van der Waals surface area contributed by atoms with E-state index in [1.54, 1.807) is 34.4 Å². The molecule has 2 heterocycles. The topological polar surface area (TPSA) is 37.8 Å². The molecule has 0 atom stereocenters. The van der Waals surface area contributed by atoms with E-state index in [4.69, 9.17) is 4.98 Å². The number of hydrogen-bond donors (Lipinski definition) is 1. The Morgan fingerprint density at radius 2 is 1.55 bits per heavy atom. The highest BCUT2D eigenvalue weighted by atomic mass is 32.2. The van der Waals surface area contributed by atoms with E-state index in [1.165, 1.54) is 20.7 Å². The Hall–Kier alpha value is -2.67. The molecular weight excluding hydrogens is 414 g/mol. The number of nitrogens with zero attached hydrogens (tertiary/aromatic N) is 2. The maximum absolute atomic E-state index is 4.75. The van der Waals surface area contributed by atoms with Crippen LogP contribution in [-0.4, -0.2) is 16.2 Å². The Bertz CT molecular complexity index is 1260. The summed E-state index contributed by atoms with van der Waals surface area (Å²) >= 11 is 5.00. The molecule has 5 rings (SSSR count). The smallest absolute Gasteiger partial charge is 0.190 e. The number of benzene rings is 3. The lowest BCUT2D eigenvalue weighted by atomic mass is 10.0. The molecule has 0 spiro atoms. The summed E-state index contributed by atoms with van der Waals surface area (Å²) < 4.78 is 1.19. The minimum Gasteiger partial charge on any atom is -0.307 e. The van der Waals surface area contributed by atoms with E-state index in [0.29, 0.717) is 0 Å². The van der Waals surface area contributed by atoms with Gasteiger partial charge < -0.3 is 5.32 Å². The van der Waals surface area contributed by atoms with Crippen LogP contribution in [0.15, 0.2) is 83.1 Å². The summed E-state index contributed by atoms with van der Waals surface area (Å²) in [6.07, 6.45) is 2.09. The molecule has 0 aliphatic rings. The van der Waals surface area contributed by atoms with E-state index in [2.05, 4.69) is 88.7 Å². The highest BCUT2D eigenvalue weighted by molar-refractivity contribution is 7.98. The second-order valence-corrected chi connectivity index (χ2v) is 9.23. The quantitative estimate of drug-likeness (QED) is 0.291. The van der Waals surface area contributed by atoms with E-state index in [1.807, 2.05) is 6.07 Å². The molecule has 6 heteroatoms. The van der Waals surface area contributed by atoms with Crippen LogP contribution in [0.1, 0.15) is 0 Å². The minimum absolute atomic E-state index is 0.858. The van der Waals surface area contributed by atoms with Gasteiger partial charge in [-0.1, -0.05) is 65.9 Å². The van der Waals surface area contributed by atoms with Crippen LogP contribution in [0.25, 0.3) is 32.6 Å². The lowest BCUT2D eigenvalue weighted by Gasteiger charge is -2.02. The monoisotopic (exact) mass is 431 g/mol. The predicted octanol–water partition coefficient (Wildman–Crippen LogP) is 7.55. The molecule has 0 bridgehead atoms. The van der Waals surface area contributed by atoms with Gasteiger partial charge in [0.15, 0.2) is 10.3 Å². The van der Waals surface area contributed by atoms with Crippen LogP contribution >= 0.6 is 34.4 Å². The van der Waals surface area contributed by atoms with E-state index in [0.717, 1.165) is 27.0 Å². The molecule has 3 nitrogen and oxygen atoms in total. The molecule has 1 N–H and O–H groups in total. The number of rotatable bonds is 5. The first kappa shape index (κ1) is 18.4. The molecule has 0 saturated heterocycles. The fourth-order valence-corrected chi connectivity index (χ4v) is 5.31. The Kier molecular flexibility index (Phi) is 5.06. The van der Waals surface area contributed by atoms with Gasteiger partial charge in [0.05, 0.1) is 15.9 Å². The Balaban J connectivity index is 1.35. The highest BCUT2D eigenvalue weighted by Crippen LogP contribution is 2.33. The third kappa shape index (κ3) is 3.92. The first-order chi connectivity index (χ1) is 14.3. The van der Waals surface area contributed by atoms with E-state index in [-0.39, 0.29) is 0 Å². The average molecular weight is 432 g/mol. The molecule has 0 radical (unpaired) electrons. The summed E-state index contributed by atoms with van der Waals surface area (Å²) in [5.74, 6) is 0. The van der Waals surface area contributed by atoms with Crippen molar-refractivity contribution in [1.82, 2.24) is 9.97 Å². The van der Waals surface area contributed by atoms with Crippen molar-refractivity contribution in [3.05, 3.63) is 78.2 Å². The SMILES string of the molecule is CSc1ccc2nc(Nc3nc(-c4ccc(-c5ccccc5)cc4)cs3)sc2c1. The molecule has 0 aliphatic carbocycles. The van der Waals surface area contributed by atoms with Crippen LogP contribution in [0.4, 0.5) is 10.3 Å². The van der Waals surface area contributed by atoms with Crippen molar-refractivity contribution in [2.45, 2.75) is 4.90 Å². The molecule has 0 unspecified atom stereocenters. The Morgan fingerprint density at radius 1 is 0.793 bits per heavy atom. The van der Waals surface area contributed by atoms with Crippen LogP contribution in [0, 0.1) is 0 Å². The van der Waals surface area contributed by atoms with Gasteiger partial charge in [-0.2, -0.15) is 0 Å². The van der Waals surface area contributed by atoms with Gasteiger partial charge in [-0.15, -0.1) is 23.1 Å². The number of aromatic nitrogens is 2. The third-order valence-electron chi connectivity index (χ3n) is 4.60. The molecule has 5 aromatic rings. The van der Waals surface area contributed by atoms with E-state index < -0.39 is 0 Å². The number of fused-ring (bicyclic) bond motifs is 1. The van der Waals surface area contributed by atoms with Crippen LogP contribution in [0.2, 0.25) is 0 Å². The predicted molar refractivity (Wildman–Crippen MR) is 128 cm³/mol. The number of anilines is 2. The Labute approximate surface area is 181 Å². The minimum atomic E-state index is 0.858. The molecule has 0 fully saturated rings. The van der Waals surface area contributed by atoms with Crippen molar-refractivity contribution < 1.29 is 0 Å². The molecule has 0 amide bonds. The third-order valence-corrected chi connectivity index (χ3v) is 7.02. The van der Waals surface area contributed by atoms with Gasteiger partial charge in [0.2, 0.25) is 0 Å². The highest BCUT2D eigenvalue weighted by Gasteiger charge is 2.09. The standard InChI is InChI=1S/C23H17N3S3/c1-27-18-11-12-19-21(13-18)29-23(24-19)26-22-25-20(14-28-22)17-9-7-16(8-10-17)15-5-3-2-4-6-15/h2-14H,1H3,(H,24,25,26). The van der Waals surface area contributed by atoms with Gasteiger partial charge in [-0.05, 0) is 35.6 Å². The summed E-state index contributed by atoms with van der Waals surface area (Å²) in [6, 6.07) is 25.3. The van der Waals surface area contributed by atoms with E-state index >= 15 is 0 Å². The maximum Gasteiger partial charge on any atom is 0.190 e. The van der Waals surface area contributed by atoms with Gasteiger partial charge in [-0.25, -0.2) is 9.97 Å². The molecule has 142 valence electrons. The van der Waals surface area contributed by atoms with Gasteiger partial charge >= 0.3 is 0 Å². The summed E-state index contributed by atoms with van der Waals surface area (Å²) in [6.45, 7) is 0. The Morgan fingerprint density at radius 3 is 2.34 bits per heavy atom. The van der Waals surface area contributed by atoms with Crippen LogP contribution in [0.3, 0.4) is 0 Å².